The van der Waals surface area contributed by atoms with E-state index in [-0.39, 0.29) is 11.9 Å². The Hall–Kier alpha value is -0.970. The van der Waals surface area contributed by atoms with Crippen LogP contribution >= 0.6 is 0 Å². The number of fused-ring (bicyclic) bond motifs is 1. The molecule has 1 heterocycles. The molecule has 0 spiro atoms. The maximum Gasteiger partial charge on any atom is 0.123 e. The zero-order valence-electron chi connectivity index (χ0n) is 11.1. The zero-order chi connectivity index (χ0) is 13.2. The summed E-state index contributed by atoms with van der Waals surface area (Å²) < 4.78 is 18.9. The maximum absolute atomic E-state index is 13.0. The molecule has 104 valence electrons. The second-order valence-electron chi connectivity index (χ2n) is 5.45. The van der Waals surface area contributed by atoms with Crippen LogP contribution in [0.2, 0.25) is 0 Å². The quantitative estimate of drug-likeness (QED) is 0.908. The standard InChI is InChI=1S/C15H21FN2O/c16-12-6-4-11(5-7-12)14(10-17)18-8-9-19-15-3-1-2-13(15)18/h4-7,13-15H,1-3,8-10,17H2. The minimum Gasteiger partial charge on any atom is -0.375 e. The number of hydrogen-bond acceptors (Lipinski definition) is 3. The van der Waals surface area contributed by atoms with Gasteiger partial charge >= 0.3 is 0 Å². The van der Waals surface area contributed by atoms with Crippen LogP contribution in [0.3, 0.4) is 0 Å². The number of hydrogen-bond donors (Lipinski definition) is 1. The van der Waals surface area contributed by atoms with Crippen LogP contribution in [0.1, 0.15) is 30.9 Å². The maximum atomic E-state index is 13.0. The molecule has 0 radical (unpaired) electrons. The molecule has 0 amide bonds. The lowest BCUT2D eigenvalue weighted by molar-refractivity contribution is -0.0711. The van der Waals surface area contributed by atoms with Gasteiger partial charge in [0.25, 0.3) is 0 Å². The molecule has 2 aliphatic rings. The van der Waals surface area contributed by atoms with E-state index in [0.29, 0.717) is 18.7 Å². The highest BCUT2D eigenvalue weighted by Crippen LogP contribution is 2.34. The Balaban J connectivity index is 1.82. The number of morpholine rings is 1. The normalized spacial score (nSPS) is 29.2. The van der Waals surface area contributed by atoms with Gasteiger partial charge in [0.2, 0.25) is 0 Å². The predicted molar refractivity (Wildman–Crippen MR) is 72.3 cm³/mol. The molecule has 2 N–H and O–H groups in total. The number of benzene rings is 1. The van der Waals surface area contributed by atoms with Crippen molar-refractivity contribution in [1.82, 2.24) is 4.90 Å². The first kappa shape index (κ1) is 13.0. The van der Waals surface area contributed by atoms with Gasteiger partial charge in [-0.2, -0.15) is 0 Å². The van der Waals surface area contributed by atoms with Crippen LogP contribution in [0, 0.1) is 5.82 Å². The van der Waals surface area contributed by atoms with Gasteiger partial charge in [0.1, 0.15) is 5.82 Å². The second-order valence-corrected chi connectivity index (χ2v) is 5.45. The number of nitrogens with two attached hydrogens (primary N) is 1. The molecular formula is C15H21FN2O. The fourth-order valence-electron chi connectivity index (χ4n) is 3.49. The first-order valence-electron chi connectivity index (χ1n) is 7.12. The molecule has 19 heavy (non-hydrogen) atoms. The molecule has 3 rings (SSSR count). The molecule has 1 aliphatic heterocycles. The smallest absolute Gasteiger partial charge is 0.123 e. The summed E-state index contributed by atoms with van der Waals surface area (Å²) in [6.45, 7) is 2.26. The van der Waals surface area contributed by atoms with Crippen molar-refractivity contribution in [2.45, 2.75) is 37.5 Å². The van der Waals surface area contributed by atoms with Crippen molar-refractivity contribution in [3.05, 3.63) is 35.6 Å². The van der Waals surface area contributed by atoms with Gasteiger partial charge in [-0.3, -0.25) is 4.90 Å². The summed E-state index contributed by atoms with van der Waals surface area (Å²) in [4.78, 5) is 2.47. The highest BCUT2D eigenvalue weighted by molar-refractivity contribution is 5.21. The van der Waals surface area contributed by atoms with Crippen molar-refractivity contribution in [3.8, 4) is 0 Å². The monoisotopic (exact) mass is 264 g/mol. The molecule has 3 unspecified atom stereocenters. The van der Waals surface area contributed by atoms with E-state index in [1.54, 1.807) is 0 Å². The van der Waals surface area contributed by atoms with Crippen molar-refractivity contribution in [1.29, 1.82) is 0 Å². The molecule has 0 aromatic heterocycles. The van der Waals surface area contributed by atoms with Crippen LogP contribution in [0.25, 0.3) is 0 Å². The molecule has 1 aromatic rings. The molecule has 4 heteroatoms. The Bertz CT molecular complexity index is 423. The van der Waals surface area contributed by atoms with E-state index < -0.39 is 0 Å². The molecule has 1 aliphatic carbocycles. The van der Waals surface area contributed by atoms with Gasteiger partial charge < -0.3 is 10.5 Å². The molecule has 2 fully saturated rings. The summed E-state index contributed by atoms with van der Waals surface area (Å²) >= 11 is 0. The number of ether oxygens (including phenoxy) is 1. The average molecular weight is 264 g/mol. The molecule has 1 saturated heterocycles. The van der Waals surface area contributed by atoms with Crippen molar-refractivity contribution in [3.63, 3.8) is 0 Å². The minimum atomic E-state index is -0.194. The number of halogens is 1. The fraction of sp³-hybridized carbons (Fsp3) is 0.600. The Labute approximate surface area is 113 Å². The van der Waals surface area contributed by atoms with E-state index in [2.05, 4.69) is 4.90 Å². The Kier molecular flexibility index (Phi) is 3.82. The van der Waals surface area contributed by atoms with Crippen molar-refractivity contribution < 1.29 is 9.13 Å². The molecule has 3 nitrogen and oxygen atoms in total. The van der Waals surface area contributed by atoms with E-state index in [1.165, 1.54) is 25.0 Å². The summed E-state index contributed by atoms with van der Waals surface area (Å²) in [7, 11) is 0. The molecule has 1 aromatic carbocycles. The first-order chi connectivity index (χ1) is 9.29. The summed E-state index contributed by atoms with van der Waals surface area (Å²) in [5.74, 6) is -0.194. The third-order valence-electron chi connectivity index (χ3n) is 4.40. The fourth-order valence-corrected chi connectivity index (χ4v) is 3.49. The predicted octanol–water partition coefficient (Wildman–Crippen LogP) is 2.08. The van der Waals surface area contributed by atoms with E-state index in [1.807, 2.05) is 12.1 Å². The zero-order valence-corrected chi connectivity index (χ0v) is 11.1. The van der Waals surface area contributed by atoms with Gasteiger partial charge in [0.15, 0.2) is 0 Å². The van der Waals surface area contributed by atoms with Crippen LogP contribution in [0.15, 0.2) is 24.3 Å². The lowest BCUT2D eigenvalue weighted by atomic mass is 10.0. The van der Waals surface area contributed by atoms with Gasteiger partial charge in [-0.1, -0.05) is 12.1 Å². The average Bonchev–Trinajstić information content (AvgIpc) is 2.91. The van der Waals surface area contributed by atoms with E-state index >= 15 is 0 Å². The molecule has 3 atom stereocenters. The second kappa shape index (κ2) is 5.57. The van der Waals surface area contributed by atoms with Crippen molar-refractivity contribution in [2.75, 3.05) is 19.7 Å². The number of nitrogens with zero attached hydrogens (tertiary/aromatic N) is 1. The highest BCUT2D eigenvalue weighted by Gasteiger charge is 2.39. The van der Waals surface area contributed by atoms with Crippen LogP contribution in [0.4, 0.5) is 4.39 Å². The van der Waals surface area contributed by atoms with E-state index in [0.717, 1.165) is 25.1 Å². The molecule has 1 saturated carbocycles. The first-order valence-corrected chi connectivity index (χ1v) is 7.12. The van der Waals surface area contributed by atoms with E-state index in [9.17, 15) is 4.39 Å². The summed E-state index contributed by atoms with van der Waals surface area (Å²) in [5.41, 5.74) is 7.09. The van der Waals surface area contributed by atoms with Crippen LogP contribution in [0.5, 0.6) is 0 Å². The van der Waals surface area contributed by atoms with Gasteiger partial charge in [-0.25, -0.2) is 4.39 Å². The van der Waals surface area contributed by atoms with Crippen LogP contribution in [-0.4, -0.2) is 36.7 Å². The summed E-state index contributed by atoms with van der Waals surface area (Å²) in [6, 6.07) is 7.40. The lowest BCUT2D eigenvalue weighted by Gasteiger charge is -2.42. The Morgan fingerprint density at radius 2 is 2.11 bits per heavy atom. The van der Waals surface area contributed by atoms with Crippen LogP contribution in [-0.2, 0) is 4.74 Å². The summed E-state index contributed by atoms with van der Waals surface area (Å²) in [6.07, 6.45) is 3.93. The Morgan fingerprint density at radius 1 is 1.32 bits per heavy atom. The van der Waals surface area contributed by atoms with Crippen molar-refractivity contribution in [2.24, 2.45) is 5.73 Å². The third-order valence-corrected chi connectivity index (χ3v) is 4.40. The Morgan fingerprint density at radius 3 is 2.84 bits per heavy atom. The highest BCUT2D eigenvalue weighted by atomic mass is 19.1. The van der Waals surface area contributed by atoms with Crippen molar-refractivity contribution >= 4 is 0 Å². The number of rotatable bonds is 3. The third kappa shape index (κ3) is 2.53. The van der Waals surface area contributed by atoms with Crippen LogP contribution < -0.4 is 5.73 Å². The topological polar surface area (TPSA) is 38.5 Å². The SMILES string of the molecule is NCC(c1ccc(F)cc1)N1CCOC2CCCC21. The molecule has 0 bridgehead atoms. The lowest BCUT2D eigenvalue weighted by Crippen LogP contribution is -2.51. The van der Waals surface area contributed by atoms with Gasteiger partial charge in [0, 0.05) is 25.2 Å². The van der Waals surface area contributed by atoms with Gasteiger partial charge in [0.05, 0.1) is 12.7 Å². The van der Waals surface area contributed by atoms with E-state index in [4.69, 9.17) is 10.5 Å². The van der Waals surface area contributed by atoms with Gasteiger partial charge in [-0.05, 0) is 37.0 Å². The minimum absolute atomic E-state index is 0.176. The largest absolute Gasteiger partial charge is 0.375 e. The summed E-state index contributed by atoms with van der Waals surface area (Å²) in [5, 5.41) is 0. The van der Waals surface area contributed by atoms with Gasteiger partial charge in [-0.15, -0.1) is 0 Å². The molecular weight excluding hydrogens is 243 g/mol.